The highest BCUT2D eigenvalue weighted by Gasteiger charge is 2.26. The molecular formula is C18H27N3O2. The Kier molecular flexibility index (Phi) is 5.06. The minimum absolute atomic E-state index is 0.00462. The van der Waals surface area contributed by atoms with Crippen LogP contribution in [0.25, 0.3) is 0 Å². The average molecular weight is 317 g/mol. The van der Waals surface area contributed by atoms with Crippen molar-refractivity contribution < 1.29 is 9.53 Å². The number of carbonyl (C=O) groups excluding carboxylic acids is 1. The van der Waals surface area contributed by atoms with Gasteiger partial charge in [0.2, 0.25) is 0 Å². The molecule has 0 spiro atoms. The van der Waals surface area contributed by atoms with Crippen LogP contribution in [-0.2, 0) is 11.2 Å². The molecule has 2 heterocycles. The fourth-order valence-electron chi connectivity index (χ4n) is 3.49. The zero-order chi connectivity index (χ0) is 16.2. The number of carbonyl (C=O) groups is 1. The number of amides is 2. The lowest BCUT2D eigenvalue weighted by atomic mass is 10.1. The van der Waals surface area contributed by atoms with Gasteiger partial charge in [0.25, 0.3) is 0 Å². The van der Waals surface area contributed by atoms with Crippen LogP contribution in [0.2, 0.25) is 0 Å². The van der Waals surface area contributed by atoms with Crippen LogP contribution in [0.4, 0.5) is 16.2 Å². The molecule has 0 aromatic heterocycles. The maximum Gasteiger partial charge on any atom is 0.321 e. The standard InChI is InChI=1S/C18H27N3O2/c1-3-20-10-8-15-5-6-16(11-17(15)20)19-18(22)21-9-7-14(12-21)13-23-4-2/h5-6,11,14H,3-4,7-10,12-13H2,1-2H3,(H,19,22)/t14-/m0/s1. The predicted molar refractivity (Wildman–Crippen MR) is 93.2 cm³/mol. The molecule has 0 aliphatic carbocycles. The first kappa shape index (κ1) is 16.1. The molecule has 0 unspecified atom stereocenters. The molecule has 5 nitrogen and oxygen atoms in total. The summed E-state index contributed by atoms with van der Waals surface area (Å²) >= 11 is 0. The number of nitrogens with one attached hydrogen (secondary N) is 1. The van der Waals surface area contributed by atoms with Crippen molar-refractivity contribution in [3.05, 3.63) is 23.8 Å². The van der Waals surface area contributed by atoms with Crippen molar-refractivity contribution in [2.24, 2.45) is 5.92 Å². The van der Waals surface area contributed by atoms with Gasteiger partial charge in [0, 0.05) is 50.1 Å². The second-order valence-corrected chi connectivity index (χ2v) is 6.36. The molecule has 1 N–H and O–H groups in total. The Balaban J connectivity index is 1.59. The van der Waals surface area contributed by atoms with E-state index in [2.05, 4.69) is 29.3 Å². The molecule has 1 saturated heterocycles. The average Bonchev–Trinajstić information content (AvgIpc) is 3.19. The quantitative estimate of drug-likeness (QED) is 0.908. The van der Waals surface area contributed by atoms with Crippen LogP contribution in [0.1, 0.15) is 25.8 Å². The maximum absolute atomic E-state index is 12.4. The molecule has 2 amide bonds. The van der Waals surface area contributed by atoms with Crippen LogP contribution in [0, 0.1) is 5.92 Å². The van der Waals surface area contributed by atoms with Crippen molar-refractivity contribution in [3.63, 3.8) is 0 Å². The predicted octanol–water partition coefficient (Wildman–Crippen LogP) is 2.96. The Bertz CT molecular complexity index is 561. The number of hydrogen-bond donors (Lipinski definition) is 1. The van der Waals surface area contributed by atoms with E-state index in [4.69, 9.17) is 4.74 Å². The number of likely N-dealkylation sites (tertiary alicyclic amines) is 1. The summed E-state index contributed by atoms with van der Waals surface area (Å²) < 4.78 is 5.47. The first-order valence-corrected chi connectivity index (χ1v) is 8.72. The molecular weight excluding hydrogens is 290 g/mol. The second-order valence-electron chi connectivity index (χ2n) is 6.36. The summed E-state index contributed by atoms with van der Waals surface area (Å²) in [5, 5.41) is 3.05. The molecule has 0 radical (unpaired) electrons. The van der Waals surface area contributed by atoms with Gasteiger partial charge in [-0.3, -0.25) is 0 Å². The summed E-state index contributed by atoms with van der Waals surface area (Å²) in [6.45, 7) is 9.36. The van der Waals surface area contributed by atoms with Crippen molar-refractivity contribution in [1.29, 1.82) is 0 Å². The van der Waals surface area contributed by atoms with Gasteiger partial charge in [-0.2, -0.15) is 0 Å². The van der Waals surface area contributed by atoms with E-state index in [1.165, 1.54) is 11.3 Å². The fraction of sp³-hybridized carbons (Fsp3) is 0.611. The first-order chi connectivity index (χ1) is 11.2. The van der Waals surface area contributed by atoms with E-state index in [1.54, 1.807) is 0 Å². The number of ether oxygens (including phenoxy) is 1. The number of nitrogens with zero attached hydrogens (tertiary/aromatic N) is 2. The molecule has 23 heavy (non-hydrogen) atoms. The van der Waals surface area contributed by atoms with Crippen molar-refractivity contribution in [2.45, 2.75) is 26.7 Å². The van der Waals surface area contributed by atoms with Crippen LogP contribution in [-0.4, -0.2) is 50.3 Å². The summed E-state index contributed by atoms with van der Waals surface area (Å²) in [5.41, 5.74) is 3.53. The number of likely N-dealkylation sites (N-methyl/N-ethyl adjacent to an activating group) is 1. The number of anilines is 2. The van der Waals surface area contributed by atoms with Crippen LogP contribution in [0.3, 0.4) is 0 Å². The van der Waals surface area contributed by atoms with Crippen molar-refractivity contribution in [2.75, 3.05) is 49.6 Å². The van der Waals surface area contributed by atoms with Gasteiger partial charge in [0.1, 0.15) is 0 Å². The third-order valence-corrected chi connectivity index (χ3v) is 4.84. The third-order valence-electron chi connectivity index (χ3n) is 4.84. The minimum Gasteiger partial charge on any atom is -0.381 e. The molecule has 2 aliphatic heterocycles. The zero-order valence-corrected chi connectivity index (χ0v) is 14.2. The summed E-state index contributed by atoms with van der Waals surface area (Å²) in [5.74, 6) is 0.469. The van der Waals surface area contributed by atoms with Gasteiger partial charge in [-0.25, -0.2) is 4.79 Å². The Morgan fingerprint density at radius 1 is 1.35 bits per heavy atom. The Hall–Kier alpha value is -1.75. The van der Waals surface area contributed by atoms with Crippen LogP contribution in [0.5, 0.6) is 0 Å². The highest BCUT2D eigenvalue weighted by atomic mass is 16.5. The number of hydrogen-bond acceptors (Lipinski definition) is 3. The molecule has 0 bridgehead atoms. The van der Waals surface area contributed by atoms with Gasteiger partial charge in [-0.05, 0) is 44.4 Å². The van der Waals surface area contributed by atoms with Crippen molar-refractivity contribution in [3.8, 4) is 0 Å². The molecule has 1 atom stereocenters. The highest BCUT2D eigenvalue weighted by molar-refractivity contribution is 5.90. The topological polar surface area (TPSA) is 44.8 Å². The zero-order valence-electron chi connectivity index (χ0n) is 14.2. The lowest BCUT2D eigenvalue weighted by Gasteiger charge is -2.20. The number of rotatable bonds is 5. The smallest absolute Gasteiger partial charge is 0.321 e. The molecule has 5 heteroatoms. The summed E-state index contributed by atoms with van der Waals surface area (Å²) in [7, 11) is 0. The van der Waals surface area contributed by atoms with Crippen LogP contribution < -0.4 is 10.2 Å². The first-order valence-electron chi connectivity index (χ1n) is 8.72. The van der Waals surface area contributed by atoms with Gasteiger partial charge in [-0.1, -0.05) is 6.07 Å². The monoisotopic (exact) mass is 317 g/mol. The van der Waals surface area contributed by atoms with Gasteiger partial charge in [0.15, 0.2) is 0 Å². The normalized spacial score (nSPS) is 20.0. The van der Waals surface area contributed by atoms with Gasteiger partial charge in [0.05, 0.1) is 6.61 Å². The highest BCUT2D eigenvalue weighted by Crippen LogP contribution is 2.30. The van der Waals surface area contributed by atoms with Crippen molar-refractivity contribution in [1.82, 2.24) is 4.90 Å². The lowest BCUT2D eigenvalue weighted by Crippen LogP contribution is -2.33. The molecule has 3 rings (SSSR count). The number of urea groups is 1. The van der Waals surface area contributed by atoms with Crippen molar-refractivity contribution >= 4 is 17.4 Å². The largest absolute Gasteiger partial charge is 0.381 e. The van der Waals surface area contributed by atoms with E-state index in [9.17, 15) is 4.79 Å². The molecule has 0 saturated carbocycles. The Morgan fingerprint density at radius 3 is 3.00 bits per heavy atom. The van der Waals surface area contributed by atoms with Crippen LogP contribution >= 0.6 is 0 Å². The number of benzene rings is 1. The SMILES string of the molecule is CCOC[C@H]1CCN(C(=O)Nc2ccc3c(c2)N(CC)CC3)C1. The summed E-state index contributed by atoms with van der Waals surface area (Å²) in [6, 6.07) is 6.27. The van der Waals surface area contributed by atoms with E-state index in [0.29, 0.717) is 5.92 Å². The van der Waals surface area contributed by atoms with E-state index in [-0.39, 0.29) is 6.03 Å². The Labute approximate surface area is 138 Å². The Morgan fingerprint density at radius 2 is 2.22 bits per heavy atom. The maximum atomic E-state index is 12.4. The second kappa shape index (κ2) is 7.21. The van der Waals surface area contributed by atoms with E-state index in [0.717, 1.165) is 57.9 Å². The van der Waals surface area contributed by atoms with E-state index in [1.807, 2.05) is 17.9 Å². The van der Waals surface area contributed by atoms with E-state index < -0.39 is 0 Å². The fourth-order valence-corrected chi connectivity index (χ4v) is 3.49. The van der Waals surface area contributed by atoms with Gasteiger partial charge in [-0.15, -0.1) is 0 Å². The third kappa shape index (κ3) is 3.61. The minimum atomic E-state index is 0.00462. The molecule has 1 fully saturated rings. The number of fused-ring (bicyclic) bond motifs is 1. The molecule has 1 aromatic carbocycles. The lowest BCUT2D eigenvalue weighted by molar-refractivity contribution is 0.113. The molecule has 2 aliphatic rings. The molecule has 1 aromatic rings. The summed E-state index contributed by atoms with van der Waals surface area (Å²) in [4.78, 5) is 16.7. The van der Waals surface area contributed by atoms with E-state index >= 15 is 0 Å². The van der Waals surface area contributed by atoms with Crippen LogP contribution in [0.15, 0.2) is 18.2 Å². The summed E-state index contributed by atoms with van der Waals surface area (Å²) in [6.07, 6.45) is 2.13. The molecule has 126 valence electrons. The van der Waals surface area contributed by atoms with Gasteiger partial charge < -0.3 is 19.9 Å². The van der Waals surface area contributed by atoms with Gasteiger partial charge >= 0.3 is 6.03 Å².